The van der Waals surface area contributed by atoms with E-state index in [-0.39, 0.29) is 17.7 Å². The Hall–Kier alpha value is -3.84. The number of primary amides is 1. The quantitative estimate of drug-likeness (QED) is 0.263. The van der Waals surface area contributed by atoms with Crippen LogP contribution in [0.25, 0.3) is 32.9 Å². The number of benzene rings is 4. The first kappa shape index (κ1) is 22.9. The van der Waals surface area contributed by atoms with Gasteiger partial charge in [-0.15, -0.1) is 0 Å². The van der Waals surface area contributed by atoms with Gasteiger partial charge in [-0.2, -0.15) is 13.2 Å². The van der Waals surface area contributed by atoms with Gasteiger partial charge in [0.1, 0.15) is 5.82 Å². The molecule has 1 amide bonds. The summed E-state index contributed by atoms with van der Waals surface area (Å²) in [5, 5.41) is 1.63. The summed E-state index contributed by atoms with van der Waals surface area (Å²) in [4.78, 5) is 12.2. The van der Waals surface area contributed by atoms with Crippen molar-refractivity contribution in [2.24, 2.45) is 5.73 Å². The maximum Gasteiger partial charge on any atom is 0.419 e. The normalized spacial score (nSPS) is 11.9. The number of carbonyl (C=O) groups is 1. The Balaban J connectivity index is 1.78. The summed E-state index contributed by atoms with van der Waals surface area (Å²) in [6.45, 7) is -0.199. The van der Waals surface area contributed by atoms with E-state index in [1.165, 1.54) is 12.1 Å². The first-order valence-electron chi connectivity index (χ1n) is 10.5. The van der Waals surface area contributed by atoms with Crippen LogP contribution in [0, 0.1) is 11.9 Å². The molecule has 0 aliphatic rings. The molecule has 0 unspecified atom stereocenters. The number of aromatic nitrogens is 1. The minimum Gasteiger partial charge on any atom is -0.366 e. The number of fused-ring (bicyclic) bond motifs is 3. The molecular weight excluding hydrogens is 480 g/mol. The monoisotopic (exact) mass is 495 g/mol. The molecule has 1 radical (unpaired) electrons. The van der Waals surface area contributed by atoms with Gasteiger partial charge in [-0.1, -0.05) is 41.9 Å². The summed E-state index contributed by atoms with van der Waals surface area (Å²) in [5.74, 6) is -1.99. The Morgan fingerprint density at radius 3 is 2.37 bits per heavy atom. The molecule has 175 valence electrons. The number of halogens is 5. The topological polar surface area (TPSA) is 48.0 Å². The number of hydrogen-bond donors (Lipinski definition) is 1. The van der Waals surface area contributed by atoms with Crippen LogP contribution in [0.2, 0.25) is 5.02 Å². The van der Waals surface area contributed by atoms with Crippen molar-refractivity contribution in [1.82, 2.24) is 4.57 Å². The molecule has 0 bridgehead atoms. The van der Waals surface area contributed by atoms with E-state index in [2.05, 4.69) is 6.07 Å². The smallest absolute Gasteiger partial charge is 0.366 e. The van der Waals surface area contributed by atoms with Crippen LogP contribution in [0.15, 0.2) is 72.8 Å². The van der Waals surface area contributed by atoms with Crippen LogP contribution in [-0.4, -0.2) is 10.5 Å². The molecular formula is C27H16ClF4N2O. The van der Waals surface area contributed by atoms with Crippen molar-refractivity contribution < 1.29 is 22.4 Å². The molecule has 0 atom stereocenters. The predicted molar refractivity (Wildman–Crippen MR) is 128 cm³/mol. The largest absolute Gasteiger partial charge is 0.419 e. The number of alkyl halides is 3. The number of nitrogens with zero attached hydrogens (tertiary/aromatic N) is 1. The van der Waals surface area contributed by atoms with Crippen molar-refractivity contribution in [3.8, 4) is 11.1 Å². The Kier molecular flexibility index (Phi) is 5.52. The Morgan fingerprint density at radius 2 is 1.69 bits per heavy atom. The minimum absolute atomic E-state index is 0.139. The second-order valence-corrected chi connectivity index (χ2v) is 8.52. The molecule has 0 aliphatic heterocycles. The fraction of sp³-hybridized carbons (Fsp3) is 0.0741. The minimum atomic E-state index is -4.82. The van der Waals surface area contributed by atoms with Gasteiger partial charge >= 0.3 is 6.18 Å². The van der Waals surface area contributed by atoms with E-state index in [0.717, 1.165) is 11.1 Å². The summed E-state index contributed by atoms with van der Waals surface area (Å²) >= 11 is 6.00. The molecule has 5 aromatic rings. The average Bonchev–Trinajstić information content (AvgIpc) is 3.13. The lowest BCUT2D eigenvalue weighted by molar-refractivity contribution is -0.140. The standard InChI is InChI=1S/C27H16ClF4N2O/c28-18-10-7-15(8-11-18)16-9-12-19-23(13-16)34(22-6-2-4-20(24(19)22)26(33)35)14-17-3-1-5-21(25(17)29)27(30,31)32/h1-11,13H,14H2,(H2,33,35). The molecule has 5 rings (SSSR count). The Morgan fingerprint density at radius 1 is 0.971 bits per heavy atom. The third-order valence-electron chi connectivity index (χ3n) is 5.95. The van der Waals surface area contributed by atoms with Crippen LogP contribution in [-0.2, 0) is 12.7 Å². The van der Waals surface area contributed by atoms with Gasteiger partial charge in [0.2, 0.25) is 5.91 Å². The zero-order valence-electron chi connectivity index (χ0n) is 18.0. The van der Waals surface area contributed by atoms with Crippen LogP contribution in [0.3, 0.4) is 0 Å². The number of carbonyl (C=O) groups excluding carboxylic acids is 1. The molecule has 0 aliphatic carbocycles. The maximum absolute atomic E-state index is 14.9. The zero-order valence-corrected chi connectivity index (χ0v) is 18.7. The van der Waals surface area contributed by atoms with Crippen LogP contribution < -0.4 is 5.73 Å². The van der Waals surface area contributed by atoms with E-state index in [9.17, 15) is 22.4 Å². The summed E-state index contributed by atoms with van der Waals surface area (Å²) < 4.78 is 56.5. The van der Waals surface area contributed by atoms with Crippen LogP contribution in [0.5, 0.6) is 0 Å². The fourth-order valence-corrected chi connectivity index (χ4v) is 4.46. The van der Waals surface area contributed by atoms with Gasteiger partial charge in [-0.05, 0) is 59.7 Å². The van der Waals surface area contributed by atoms with Crippen molar-refractivity contribution in [3.05, 3.63) is 106 Å². The van der Waals surface area contributed by atoms with Gasteiger partial charge < -0.3 is 10.3 Å². The molecule has 1 aromatic heterocycles. The highest BCUT2D eigenvalue weighted by atomic mass is 35.5. The van der Waals surface area contributed by atoms with Crippen LogP contribution >= 0.6 is 11.6 Å². The van der Waals surface area contributed by atoms with Crippen molar-refractivity contribution in [2.75, 3.05) is 0 Å². The van der Waals surface area contributed by atoms with Gasteiger partial charge in [0.15, 0.2) is 0 Å². The number of hydrogen-bond acceptors (Lipinski definition) is 1. The number of nitrogens with two attached hydrogens (primary N) is 1. The van der Waals surface area contributed by atoms with Crippen molar-refractivity contribution in [2.45, 2.75) is 12.7 Å². The summed E-state index contributed by atoms with van der Waals surface area (Å²) in [6, 6.07) is 22.0. The average molecular weight is 496 g/mol. The van der Waals surface area contributed by atoms with E-state index in [4.69, 9.17) is 17.3 Å². The highest BCUT2D eigenvalue weighted by Crippen LogP contribution is 2.37. The third-order valence-corrected chi connectivity index (χ3v) is 6.20. The highest BCUT2D eigenvalue weighted by molar-refractivity contribution is 6.30. The second kappa shape index (κ2) is 8.43. The molecule has 0 spiro atoms. The summed E-state index contributed by atoms with van der Waals surface area (Å²) in [7, 11) is 0. The number of amides is 1. The van der Waals surface area contributed by atoms with Gasteiger partial charge in [-0.3, -0.25) is 4.79 Å². The molecule has 0 fully saturated rings. The molecule has 2 N–H and O–H groups in total. The van der Waals surface area contributed by atoms with Crippen molar-refractivity contribution >= 4 is 39.3 Å². The summed E-state index contributed by atoms with van der Waals surface area (Å²) in [5.41, 5.74) is 7.07. The van der Waals surface area contributed by atoms with E-state index >= 15 is 0 Å². The van der Waals surface area contributed by atoms with Crippen molar-refractivity contribution in [3.63, 3.8) is 0 Å². The van der Waals surface area contributed by atoms with E-state index in [1.807, 2.05) is 18.2 Å². The first-order valence-corrected chi connectivity index (χ1v) is 10.9. The predicted octanol–water partition coefficient (Wildman–Crippen LogP) is 7.22. The van der Waals surface area contributed by atoms with Gasteiger partial charge in [0, 0.05) is 26.9 Å². The fourth-order valence-electron chi connectivity index (χ4n) is 4.33. The molecule has 35 heavy (non-hydrogen) atoms. The lowest BCUT2D eigenvalue weighted by atomic mass is 10.0. The molecule has 0 saturated carbocycles. The lowest BCUT2D eigenvalue weighted by Gasteiger charge is -2.13. The third kappa shape index (κ3) is 4.02. The zero-order chi connectivity index (χ0) is 24.9. The lowest BCUT2D eigenvalue weighted by Crippen LogP contribution is -2.12. The molecule has 1 heterocycles. The van der Waals surface area contributed by atoms with E-state index < -0.39 is 23.5 Å². The van der Waals surface area contributed by atoms with Gasteiger partial charge in [-0.25, -0.2) is 4.39 Å². The number of rotatable bonds is 4. The van der Waals surface area contributed by atoms with Crippen molar-refractivity contribution in [1.29, 1.82) is 0 Å². The van der Waals surface area contributed by atoms with Gasteiger partial charge in [0.25, 0.3) is 0 Å². The molecule has 0 saturated heterocycles. The Bertz CT molecular complexity index is 1600. The molecule has 4 aromatic carbocycles. The SMILES string of the molecule is NC(=O)c1cccc2c1c1[c]cc(-c3ccc(Cl)cc3)cc1n2Cc1cccc(C(F)(F)F)c1F. The van der Waals surface area contributed by atoms with Crippen LogP contribution in [0.1, 0.15) is 21.5 Å². The maximum atomic E-state index is 14.9. The molecule has 8 heteroatoms. The van der Waals surface area contributed by atoms with E-state index in [1.54, 1.807) is 41.0 Å². The molecule has 3 nitrogen and oxygen atoms in total. The van der Waals surface area contributed by atoms with E-state index in [0.29, 0.717) is 32.9 Å². The van der Waals surface area contributed by atoms with Gasteiger partial charge in [0.05, 0.1) is 23.1 Å². The Labute approximate surface area is 202 Å². The summed E-state index contributed by atoms with van der Waals surface area (Å²) in [6.07, 6.45) is -4.82. The highest BCUT2D eigenvalue weighted by Gasteiger charge is 2.35. The first-order chi connectivity index (χ1) is 16.6. The second-order valence-electron chi connectivity index (χ2n) is 8.08. The van der Waals surface area contributed by atoms with Crippen LogP contribution in [0.4, 0.5) is 17.6 Å².